The van der Waals surface area contributed by atoms with Crippen molar-refractivity contribution >= 4 is 18.4 Å². The minimum Gasteiger partial charge on any atom is -0.352 e. The summed E-state index contributed by atoms with van der Waals surface area (Å²) in [6.45, 7) is 5.62. The molecule has 0 aliphatic rings. The zero-order chi connectivity index (χ0) is 6.78. The van der Waals surface area contributed by atoms with Crippen molar-refractivity contribution in [1.29, 1.82) is 0 Å². The lowest BCUT2D eigenvalue weighted by Gasteiger charge is -2.17. The molecule has 0 fully saturated rings. The standard InChI is InChI=1S/C5H12N2O.ClH/c1-5(2,3)7-4(6)8;/h1-3H3,(H3,6,7,8);1H. The van der Waals surface area contributed by atoms with E-state index in [1.807, 2.05) is 20.8 Å². The second-order valence-corrected chi connectivity index (χ2v) is 2.74. The van der Waals surface area contributed by atoms with Crippen molar-refractivity contribution in [2.45, 2.75) is 26.3 Å². The Hall–Kier alpha value is -0.440. The van der Waals surface area contributed by atoms with Crippen molar-refractivity contribution in [3.8, 4) is 0 Å². The lowest BCUT2D eigenvalue weighted by molar-refractivity contribution is 0.240. The molecule has 0 rings (SSSR count). The molecule has 9 heavy (non-hydrogen) atoms. The van der Waals surface area contributed by atoms with Gasteiger partial charge in [0.2, 0.25) is 0 Å². The number of rotatable bonds is 0. The lowest BCUT2D eigenvalue weighted by Crippen LogP contribution is -2.43. The molecule has 0 atom stereocenters. The maximum absolute atomic E-state index is 10.1. The van der Waals surface area contributed by atoms with Crippen LogP contribution >= 0.6 is 12.4 Å². The molecule has 0 saturated heterocycles. The molecule has 3 N–H and O–H groups in total. The van der Waals surface area contributed by atoms with Gasteiger partial charge in [0.05, 0.1) is 0 Å². The number of halogens is 1. The summed E-state index contributed by atoms with van der Waals surface area (Å²) < 4.78 is 0. The Labute approximate surface area is 61.4 Å². The van der Waals surface area contributed by atoms with Crippen molar-refractivity contribution in [2.75, 3.05) is 0 Å². The fraction of sp³-hybridized carbons (Fsp3) is 0.800. The average molecular weight is 153 g/mol. The van der Waals surface area contributed by atoms with Crippen LogP contribution in [0.2, 0.25) is 0 Å². The Kier molecular flexibility index (Phi) is 4.50. The molecule has 0 bridgehead atoms. The summed E-state index contributed by atoms with van der Waals surface area (Å²) in [6, 6.07) is -0.475. The first-order valence-electron chi connectivity index (χ1n) is 2.49. The van der Waals surface area contributed by atoms with Crippen molar-refractivity contribution in [3.63, 3.8) is 0 Å². The highest BCUT2D eigenvalue weighted by atomic mass is 35.5. The Morgan fingerprint density at radius 2 is 1.78 bits per heavy atom. The fourth-order valence-corrected chi connectivity index (χ4v) is 0.370. The molecule has 4 heteroatoms. The second kappa shape index (κ2) is 3.56. The second-order valence-electron chi connectivity index (χ2n) is 2.74. The molecular formula is C5H13ClN2O. The van der Waals surface area contributed by atoms with Crippen LogP contribution in [-0.2, 0) is 0 Å². The molecule has 0 aliphatic heterocycles. The highest BCUT2D eigenvalue weighted by Crippen LogP contribution is 1.95. The predicted molar refractivity (Wildman–Crippen MR) is 39.7 cm³/mol. The maximum Gasteiger partial charge on any atom is 0.312 e. The van der Waals surface area contributed by atoms with Gasteiger partial charge in [-0.25, -0.2) is 4.79 Å². The molecule has 0 unspecified atom stereocenters. The van der Waals surface area contributed by atoms with Crippen LogP contribution in [0, 0.1) is 0 Å². The summed E-state index contributed by atoms with van der Waals surface area (Å²) in [5.74, 6) is 0. The van der Waals surface area contributed by atoms with Crippen LogP contribution in [0.4, 0.5) is 4.79 Å². The first-order chi connectivity index (χ1) is 3.42. The molecule has 0 aromatic heterocycles. The molecule has 0 heterocycles. The molecule has 3 nitrogen and oxygen atoms in total. The summed E-state index contributed by atoms with van der Waals surface area (Å²) in [4.78, 5) is 10.1. The topological polar surface area (TPSA) is 55.1 Å². The maximum atomic E-state index is 10.1. The Balaban J connectivity index is 0. The first-order valence-corrected chi connectivity index (χ1v) is 2.49. The van der Waals surface area contributed by atoms with Gasteiger partial charge in [0, 0.05) is 5.54 Å². The molecule has 0 spiro atoms. The van der Waals surface area contributed by atoms with Gasteiger partial charge in [-0.2, -0.15) is 0 Å². The number of hydrogen-bond acceptors (Lipinski definition) is 1. The smallest absolute Gasteiger partial charge is 0.312 e. The molecule has 0 saturated carbocycles. The van der Waals surface area contributed by atoms with Gasteiger partial charge in [0.1, 0.15) is 0 Å². The molecule has 2 amide bonds. The van der Waals surface area contributed by atoms with Crippen LogP contribution in [0.25, 0.3) is 0 Å². The molecule has 0 aliphatic carbocycles. The van der Waals surface area contributed by atoms with E-state index in [9.17, 15) is 4.79 Å². The number of nitrogens with two attached hydrogens (primary N) is 1. The van der Waals surface area contributed by atoms with Crippen LogP contribution in [0.5, 0.6) is 0 Å². The van der Waals surface area contributed by atoms with Crippen LogP contribution in [0.3, 0.4) is 0 Å². The summed E-state index contributed by atoms with van der Waals surface area (Å²) in [6.07, 6.45) is 0. The van der Waals surface area contributed by atoms with Gasteiger partial charge in [0.15, 0.2) is 0 Å². The van der Waals surface area contributed by atoms with E-state index in [1.165, 1.54) is 0 Å². The monoisotopic (exact) mass is 152 g/mol. The zero-order valence-electron chi connectivity index (χ0n) is 5.89. The van der Waals surface area contributed by atoms with Gasteiger partial charge in [0.25, 0.3) is 0 Å². The number of urea groups is 1. The molecule has 0 aromatic carbocycles. The van der Waals surface area contributed by atoms with Gasteiger partial charge in [-0.05, 0) is 20.8 Å². The number of hydrogen-bond donors (Lipinski definition) is 2. The number of carbonyl (C=O) groups excluding carboxylic acids is 1. The van der Waals surface area contributed by atoms with Gasteiger partial charge >= 0.3 is 6.03 Å². The Bertz CT molecular complexity index is 97.6. The minimum atomic E-state index is -0.475. The van der Waals surface area contributed by atoms with E-state index in [4.69, 9.17) is 5.73 Å². The van der Waals surface area contributed by atoms with E-state index < -0.39 is 6.03 Å². The largest absolute Gasteiger partial charge is 0.352 e. The number of carbonyl (C=O) groups is 1. The van der Waals surface area contributed by atoms with E-state index in [2.05, 4.69) is 5.32 Å². The number of nitrogens with one attached hydrogen (secondary N) is 1. The Morgan fingerprint density at radius 1 is 1.44 bits per heavy atom. The third kappa shape index (κ3) is 11.2. The summed E-state index contributed by atoms with van der Waals surface area (Å²) >= 11 is 0. The van der Waals surface area contributed by atoms with Crippen molar-refractivity contribution in [1.82, 2.24) is 5.32 Å². The van der Waals surface area contributed by atoms with Crippen LogP contribution in [0.15, 0.2) is 0 Å². The van der Waals surface area contributed by atoms with Crippen molar-refractivity contribution in [2.24, 2.45) is 5.73 Å². The molecule has 0 aromatic rings. The highest BCUT2D eigenvalue weighted by molar-refractivity contribution is 5.85. The SMILES string of the molecule is CC(C)(C)NC(N)=O.Cl. The summed E-state index contributed by atoms with van der Waals surface area (Å²) in [7, 11) is 0. The average Bonchev–Trinajstić information content (AvgIpc) is 1.21. The van der Waals surface area contributed by atoms with E-state index in [-0.39, 0.29) is 17.9 Å². The lowest BCUT2D eigenvalue weighted by atomic mass is 10.1. The van der Waals surface area contributed by atoms with Gasteiger partial charge in [-0.1, -0.05) is 0 Å². The van der Waals surface area contributed by atoms with E-state index in [0.29, 0.717) is 0 Å². The van der Waals surface area contributed by atoms with Crippen LogP contribution < -0.4 is 11.1 Å². The summed E-state index contributed by atoms with van der Waals surface area (Å²) in [5.41, 5.74) is 4.63. The zero-order valence-corrected chi connectivity index (χ0v) is 6.71. The normalized spacial score (nSPS) is 9.67. The van der Waals surface area contributed by atoms with E-state index >= 15 is 0 Å². The Morgan fingerprint density at radius 3 is 1.78 bits per heavy atom. The number of primary amides is 1. The predicted octanol–water partition coefficient (Wildman–Crippen LogP) is 0.875. The summed E-state index contributed by atoms with van der Waals surface area (Å²) in [5, 5.41) is 2.52. The van der Waals surface area contributed by atoms with E-state index in [1.54, 1.807) is 0 Å². The quantitative estimate of drug-likeness (QED) is 0.532. The highest BCUT2D eigenvalue weighted by Gasteiger charge is 2.09. The van der Waals surface area contributed by atoms with Gasteiger partial charge in [-0.15, -0.1) is 12.4 Å². The molecular weight excluding hydrogens is 140 g/mol. The molecule has 56 valence electrons. The third-order valence-corrected chi connectivity index (χ3v) is 0.498. The number of amides is 2. The van der Waals surface area contributed by atoms with Gasteiger partial charge in [-0.3, -0.25) is 0 Å². The fourth-order valence-electron chi connectivity index (χ4n) is 0.370. The minimum absolute atomic E-state index is 0. The van der Waals surface area contributed by atoms with E-state index in [0.717, 1.165) is 0 Å². The van der Waals surface area contributed by atoms with Crippen molar-refractivity contribution in [3.05, 3.63) is 0 Å². The van der Waals surface area contributed by atoms with Crippen molar-refractivity contribution < 1.29 is 4.79 Å². The van der Waals surface area contributed by atoms with Crippen LogP contribution in [-0.4, -0.2) is 11.6 Å². The molecule has 0 radical (unpaired) electrons. The first kappa shape index (κ1) is 11.4. The van der Waals surface area contributed by atoms with Gasteiger partial charge < -0.3 is 11.1 Å². The van der Waals surface area contributed by atoms with Crippen LogP contribution in [0.1, 0.15) is 20.8 Å². The third-order valence-electron chi connectivity index (χ3n) is 0.498.